The van der Waals surface area contributed by atoms with Crippen LogP contribution >= 0.6 is 0 Å². The fraction of sp³-hybridized carbons (Fsp3) is 0.167. The van der Waals surface area contributed by atoms with E-state index < -0.39 is 0 Å². The van der Waals surface area contributed by atoms with Gasteiger partial charge in [0.05, 0.1) is 31.7 Å². The summed E-state index contributed by atoms with van der Waals surface area (Å²) in [5, 5.41) is 11.1. The molecule has 0 atom stereocenters. The van der Waals surface area contributed by atoms with Crippen LogP contribution in [-0.2, 0) is 13.1 Å². The van der Waals surface area contributed by atoms with Gasteiger partial charge in [-0.3, -0.25) is 4.68 Å². The van der Waals surface area contributed by atoms with E-state index in [-0.39, 0.29) is 0 Å². The highest BCUT2D eigenvalue weighted by Crippen LogP contribution is 2.26. The van der Waals surface area contributed by atoms with E-state index in [9.17, 15) is 0 Å². The van der Waals surface area contributed by atoms with Gasteiger partial charge >= 0.3 is 0 Å². The summed E-state index contributed by atoms with van der Waals surface area (Å²) < 4.78 is 12.4. The van der Waals surface area contributed by atoms with Crippen LogP contribution in [-0.4, -0.2) is 39.0 Å². The van der Waals surface area contributed by atoms with Gasteiger partial charge in [0.25, 0.3) is 5.88 Å². The van der Waals surface area contributed by atoms with E-state index in [0.717, 1.165) is 38.6 Å². The van der Waals surface area contributed by atoms with Crippen LogP contribution in [0, 0.1) is 0 Å². The zero-order valence-corrected chi connectivity index (χ0v) is 18.3. The van der Waals surface area contributed by atoms with Crippen molar-refractivity contribution in [2.24, 2.45) is 0 Å². The minimum absolute atomic E-state index is 0.454. The second kappa shape index (κ2) is 8.62. The molecule has 9 nitrogen and oxygen atoms in total. The third-order valence-corrected chi connectivity index (χ3v) is 5.43. The molecule has 0 spiro atoms. The molecule has 5 rings (SSSR count). The summed E-state index contributed by atoms with van der Waals surface area (Å²) in [6, 6.07) is 11.9. The number of methoxy groups -OCH3 is 2. The number of aromatic nitrogens is 5. The number of pyridine rings is 3. The lowest BCUT2D eigenvalue weighted by Gasteiger charge is -2.08. The van der Waals surface area contributed by atoms with Crippen molar-refractivity contribution >= 4 is 33.3 Å². The number of hydrogen-bond donors (Lipinski definition) is 2. The van der Waals surface area contributed by atoms with Crippen molar-refractivity contribution in [3.63, 3.8) is 0 Å². The lowest BCUT2D eigenvalue weighted by molar-refractivity contribution is 0.342. The molecule has 5 aromatic rings. The molecule has 4 aromatic heterocycles. The first-order chi connectivity index (χ1) is 16.1. The number of benzene rings is 1. The fourth-order valence-corrected chi connectivity index (χ4v) is 3.81. The first kappa shape index (κ1) is 20.5. The number of rotatable bonds is 7. The van der Waals surface area contributed by atoms with Crippen LogP contribution < -0.4 is 20.5 Å². The molecule has 0 aliphatic carbocycles. The molecule has 0 bridgehead atoms. The van der Waals surface area contributed by atoms with Gasteiger partial charge in [-0.05, 0) is 40.8 Å². The molecule has 4 heterocycles. The summed E-state index contributed by atoms with van der Waals surface area (Å²) in [4.78, 5) is 13.0. The molecule has 3 N–H and O–H groups in total. The standard InChI is InChI=1S/C24H23N7O2/c1-32-21-10-16(12-29-24(21)33-2)13-31-14-19-20(30-31)6-8-27-23(19)28-11-15-3-4-18-17(9-15)5-7-26-22(18)25/h3-10,12,14H,11,13H2,1-2H3,(H2,25,26)(H,27,28). The molecule has 1 aromatic carbocycles. The smallest absolute Gasteiger partial charge is 0.256 e. The topological polar surface area (TPSA) is 113 Å². The SMILES string of the molecule is COc1cc(Cn2cc3c(NCc4ccc5c(N)nccc5c4)nccc3n2)cnc1OC. The lowest BCUT2D eigenvalue weighted by atomic mass is 10.1. The number of nitrogens with two attached hydrogens (primary N) is 1. The maximum atomic E-state index is 5.96. The summed E-state index contributed by atoms with van der Waals surface area (Å²) in [6.45, 7) is 1.16. The van der Waals surface area contributed by atoms with E-state index in [4.69, 9.17) is 15.2 Å². The monoisotopic (exact) mass is 441 g/mol. The van der Waals surface area contributed by atoms with Crippen molar-refractivity contribution in [1.29, 1.82) is 0 Å². The van der Waals surface area contributed by atoms with Crippen LogP contribution in [0.4, 0.5) is 11.6 Å². The highest BCUT2D eigenvalue weighted by Gasteiger charge is 2.11. The van der Waals surface area contributed by atoms with E-state index in [1.807, 2.05) is 41.2 Å². The van der Waals surface area contributed by atoms with Crippen molar-refractivity contribution < 1.29 is 9.47 Å². The summed E-state index contributed by atoms with van der Waals surface area (Å²) >= 11 is 0. The molecule has 0 saturated heterocycles. The first-order valence-electron chi connectivity index (χ1n) is 10.4. The molecule has 0 fully saturated rings. The fourth-order valence-electron chi connectivity index (χ4n) is 3.81. The normalized spacial score (nSPS) is 11.1. The van der Waals surface area contributed by atoms with Crippen LogP contribution in [0.5, 0.6) is 11.6 Å². The Kier molecular flexibility index (Phi) is 5.35. The maximum Gasteiger partial charge on any atom is 0.256 e. The summed E-state index contributed by atoms with van der Waals surface area (Å²) in [5.41, 5.74) is 8.89. The van der Waals surface area contributed by atoms with E-state index in [2.05, 4.69) is 31.4 Å². The zero-order chi connectivity index (χ0) is 22.8. The van der Waals surface area contributed by atoms with Gasteiger partial charge in [-0.2, -0.15) is 5.10 Å². The number of nitrogen functional groups attached to an aromatic ring is 1. The van der Waals surface area contributed by atoms with E-state index in [1.165, 1.54) is 0 Å². The number of fused-ring (bicyclic) bond motifs is 2. The van der Waals surface area contributed by atoms with Crippen LogP contribution in [0.1, 0.15) is 11.1 Å². The third kappa shape index (κ3) is 4.08. The van der Waals surface area contributed by atoms with Crippen molar-refractivity contribution in [3.05, 3.63) is 72.3 Å². The van der Waals surface area contributed by atoms with Crippen LogP contribution in [0.3, 0.4) is 0 Å². The molecule has 166 valence electrons. The van der Waals surface area contributed by atoms with Gasteiger partial charge in [-0.25, -0.2) is 15.0 Å². The number of anilines is 2. The van der Waals surface area contributed by atoms with Gasteiger partial charge in [0.2, 0.25) is 0 Å². The van der Waals surface area contributed by atoms with Crippen LogP contribution in [0.2, 0.25) is 0 Å². The first-order valence-corrected chi connectivity index (χ1v) is 10.4. The Labute approximate surface area is 190 Å². The largest absolute Gasteiger partial charge is 0.491 e. The van der Waals surface area contributed by atoms with Gasteiger partial charge in [-0.15, -0.1) is 0 Å². The van der Waals surface area contributed by atoms with Gasteiger partial charge in [0.15, 0.2) is 5.75 Å². The molecule has 0 radical (unpaired) electrons. The molecule has 0 unspecified atom stereocenters. The minimum atomic E-state index is 0.454. The van der Waals surface area contributed by atoms with Crippen molar-refractivity contribution in [1.82, 2.24) is 24.7 Å². The molecule has 0 aliphatic heterocycles. The quantitative estimate of drug-likeness (QED) is 0.394. The summed E-state index contributed by atoms with van der Waals surface area (Å²) in [7, 11) is 3.16. The Hall–Kier alpha value is -4.40. The Morgan fingerprint density at radius 1 is 0.939 bits per heavy atom. The predicted octanol–water partition coefficient (Wildman–Crippen LogP) is 3.63. The highest BCUT2D eigenvalue weighted by molar-refractivity contribution is 5.91. The Balaban J connectivity index is 1.37. The third-order valence-electron chi connectivity index (χ3n) is 5.43. The summed E-state index contributed by atoms with van der Waals surface area (Å²) in [5.74, 6) is 2.35. The highest BCUT2D eigenvalue weighted by atomic mass is 16.5. The molecule has 33 heavy (non-hydrogen) atoms. The van der Waals surface area contributed by atoms with Gasteiger partial charge in [0.1, 0.15) is 11.6 Å². The Morgan fingerprint density at radius 2 is 1.82 bits per heavy atom. The second-order valence-corrected chi connectivity index (χ2v) is 7.58. The molecular weight excluding hydrogens is 418 g/mol. The second-order valence-electron chi connectivity index (χ2n) is 7.58. The summed E-state index contributed by atoms with van der Waals surface area (Å²) in [6.07, 6.45) is 7.22. The molecule has 0 saturated carbocycles. The number of nitrogens with zero attached hydrogens (tertiary/aromatic N) is 5. The van der Waals surface area contributed by atoms with Crippen molar-refractivity contribution in [3.8, 4) is 11.6 Å². The predicted molar refractivity (Wildman–Crippen MR) is 127 cm³/mol. The van der Waals surface area contributed by atoms with Crippen LogP contribution in [0.15, 0.2) is 61.2 Å². The van der Waals surface area contributed by atoms with E-state index >= 15 is 0 Å². The molecule has 0 amide bonds. The van der Waals surface area contributed by atoms with Gasteiger partial charge in [0, 0.05) is 36.7 Å². The average Bonchev–Trinajstić information content (AvgIpc) is 3.25. The van der Waals surface area contributed by atoms with Crippen molar-refractivity contribution in [2.75, 3.05) is 25.3 Å². The van der Waals surface area contributed by atoms with Crippen molar-refractivity contribution in [2.45, 2.75) is 13.1 Å². The van der Waals surface area contributed by atoms with Crippen LogP contribution in [0.25, 0.3) is 21.7 Å². The van der Waals surface area contributed by atoms with Gasteiger partial charge < -0.3 is 20.5 Å². The molecular formula is C24H23N7O2. The Morgan fingerprint density at radius 3 is 2.67 bits per heavy atom. The number of ether oxygens (including phenoxy) is 2. The molecule has 0 aliphatic rings. The number of nitrogens with one attached hydrogen (secondary N) is 1. The number of hydrogen-bond acceptors (Lipinski definition) is 8. The maximum absolute atomic E-state index is 5.96. The van der Waals surface area contributed by atoms with E-state index in [0.29, 0.717) is 30.5 Å². The average molecular weight is 441 g/mol. The van der Waals surface area contributed by atoms with Gasteiger partial charge in [-0.1, -0.05) is 12.1 Å². The zero-order valence-electron chi connectivity index (χ0n) is 18.3. The Bertz CT molecular complexity index is 1450. The van der Waals surface area contributed by atoms with E-state index in [1.54, 1.807) is 32.8 Å². The minimum Gasteiger partial charge on any atom is -0.491 e. The molecule has 9 heteroatoms. The lowest BCUT2D eigenvalue weighted by Crippen LogP contribution is -2.02.